The highest BCUT2D eigenvalue weighted by Gasteiger charge is 2.32. The summed E-state index contributed by atoms with van der Waals surface area (Å²) in [4.78, 5) is 51.3. The molecule has 17 heteroatoms. The highest BCUT2D eigenvalue weighted by Crippen LogP contribution is 2.32. The van der Waals surface area contributed by atoms with Crippen LogP contribution in [0.5, 0.6) is 0 Å². The van der Waals surface area contributed by atoms with E-state index in [2.05, 4.69) is 46.4 Å². The van der Waals surface area contributed by atoms with Crippen molar-refractivity contribution in [2.24, 2.45) is 0 Å². The van der Waals surface area contributed by atoms with E-state index in [1.54, 1.807) is 30.3 Å². The summed E-state index contributed by atoms with van der Waals surface area (Å²) in [6, 6.07) is 22.8. The molecule has 5 N–H and O–H groups in total. The minimum Gasteiger partial charge on any atom is -0.367 e. The summed E-state index contributed by atoms with van der Waals surface area (Å²) in [6.07, 6.45) is 3.40. The SMILES string of the molecule is O=C1CCC(c2cc(F)c(N3CCN(CCN4CCC(NCc5ccc(Nc6ncc(F)c(Nc7ccc(NC(=O)c8ccccc8F)cc7)n6)cc5)CC4)CC3)cc2F)C(=O)N1. The number of nitrogens with one attached hydrogen (secondary N) is 5. The second-order valence-electron chi connectivity index (χ2n) is 16.0. The van der Waals surface area contributed by atoms with Crippen molar-refractivity contribution in [2.75, 3.05) is 73.2 Å². The molecule has 1 atom stereocenters. The van der Waals surface area contributed by atoms with Crippen LogP contribution in [0.4, 0.5) is 52.1 Å². The van der Waals surface area contributed by atoms with Crippen LogP contribution >= 0.6 is 0 Å². The average molecular weight is 865 g/mol. The van der Waals surface area contributed by atoms with Gasteiger partial charge in [-0.3, -0.25) is 24.6 Å². The molecule has 4 heterocycles. The Morgan fingerprint density at radius 3 is 2.10 bits per heavy atom. The van der Waals surface area contributed by atoms with Gasteiger partial charge in [0.15, 0.2) is 11.6 Å². The van der Waals surface area contributed by atoms with Gasteiger partial charge in [0.1, 0.15) is 17.5 Å². The summed E-state index contributed by atoms with van der Waals surface area (Å²) in [5.41, 5.74) is 2.94. The van der Waals surface area contributed by atoms with Crippen LogP contribution in [-0.4, -0.2) is 95.9 Å². The second-order valence-corrected chi connectivity index (χ2v) is 16.0. The molecular weight excluding hydrogens is 817 g/mol. The van der Waals surface area contributed by atoms with Crippen LogP contribution in [-0.2, 0) is 16.1 Å². The maximum Gasteiger partial charge on any atom is 0.258 e. The van der Waals surface area contributed by atoms with Crippen LogP contribution in [0.3, 0.4) is 0 Å². The normalized spacial score (nSPS) is 17.7. The summed E-state index contributed by atoms with van der Waals surface area (Å²) in [7, 11) is 0. The van der Waals surface area contributed by atoms with Crippen LogP contribution in [0, 0.1) is 23.3 Å². The third kappa shape index (κ3) is 11.0. The monoisotopic (exact) mass is 864 g/mol. The van der Waals surface area contributed by atoms with Crippen LogP contribution in [0.2, 0.25) is 0 Å². The van der Waals surface area contributed by atoms with E-state index in [1.807, 2.05) is 29.2 Å². The fraction of sp³-hybridized carbons (Fsp3) is 0.326. The van der Waals surface area contributed by atoms with E-state index >= 15 is 8.78 Å². The number of anilines is 6. The predicted octanol–water partition coefficient (Wildman–Crippen LogP) is 6.67. The van der Waals surface area contributed by atoms with E-state index in [-0.39, 0.29) is 41.4 Å². The zero-order chi connectivity index (χ0) is 43.9. The van der Waals surface area contributed by atoms with Crippen LogP contribution in [0.25, 0.3) is 0 Å². The zero-order valence-electron chi connectivity index (χ0n) is 34.5. The number of imide groups is 1. The van der Waals surface area contributed by atoms with E-state index in [4.69, 9.17) is 0 Å². The van der Waals surface area contributed by atoms with Gasteiger partial charge in [0.05, 0.1) is 23.4 Å². The van der Waals surface area contributed by atoms with Crippen molar-refractivity contribution < 1.29 is 31.9 Å². The molecule has 328 valence electrons. The number of carbonyl (C=O) groups excluding carboxylic acids is 3. The van der Waals surface area contributed by atoms with Gasteiger partial charge in [-0.05, 0) is 92.5 Å². The lowest BCUT2D eigenvalue weighted by Crippen LogP contribution is -2.50. The van der Waals surface area contributed by atoms with Gasteiger partial charge in [-0.2, -0.15) is 4.98 Å². The summed E-state index contributed by atoms with van der Waals surface area (Å²) in [5.74, 6) is -4.73. The maximum atomic E-state index is 15.2. The number of halogens is 4. The van der Waals surface area contributed by atoms with Crippen molar-refractivity contribution in [3.05, 3.63) is 131 Å². The Labute approximate surface area is 362 Å². The molecule has 4 aromatic carbocycles. The van der Waals surface area contributed by atoms with E-state index < -0.39 is 46.9 Å². The number of nitrogens with zero attached hydrogens (tertiary/aromatic N) is 5. The number of carbonyl (C=O) groups is 3. The standard InChI is InChI=1S/C46H48F4N10O3/c47-37-4-2-1-3-35(37)45(63)54-32-11-9-31(10-12-32)53-43-40(50)28-52-46(57-43)55-33-7-5-29(6-8-33)27-51-30-15-17-58(18-16-30)19-20-59-21-23-60(24-22-59)41-26-38(48)36(25-39(41)49)34-13-14-42(61)56-44(34)62/h1-12,25-26,28,30,34,51H,13-24,27H2,(H,54,63)(H,56,61,62)(H2,52,53,55,57). The van der Waals surface area contributed by atoms with Gasteiger partial charge in [-0.15, -0.1) is 0 Å². The lowest BCUT2D eigenvalue weighted by molar-refractivity contribution is -0.134. The molecule has 3 saturated heterocycles. The van der Waals surface area contributed by atoms with Gasteiger partial charge in [-0.1, -0.05) is 24.3 Å². The van der Waals surface area contributed by atoms with Crippen molar-refractivity contribution >= 4 is 52.2 Å². The number of rotatable bonds is 14. The quantitative estimate of drug-likeness (QED) is 0.0603. The fourth-order valence-corrected chi connectivity index (χ4v) is 8.14. The van der Waals surface area contributed by atoms with Gasteiger partial charge in [0, 0.05) is 87.0 Å². The molecule has 3 amide bonds. The molecule has 8 rings (SSSR count). The van der Waals surface area contributed by atoms with E-state index in [0.29, 0.717) is 37.1 Å². The molecule has 3 fully saturated rings. The molecule has 63 heavy (non-hydrogen) atoms. The molecule has 1 aromatic heterocycles. The van der Waals surface area contributed by atoms with Crippen molar-refractivity contribution in [3.63, 3.8) is 0 Å². The molecule has 3 aliphatic rings. The number of piperazine rings is 1. The number of piperidine rings is 2. The first-order valence-corrected chi connectivity index (χ1v) is 21.1. The lowest BCUT2D eigenvalue weighted by Gasteiger charge is -2.38. The molecule has 3 aliphatic heterocycles. The maximum absolute atomic E-state index is 15.2. The minimum atomic E-state index is -0.875. The van der Waals surface area contributed by atoms with Gasteiger partial charge >= 0.3 is 0 Å². The Hall–Kier alpha value is -6.43. The number of likely N-dealkylation sites (tertiary alicyclic amines) is 1. The highest BCUT2D eigenvalue weighted by molar-refractivity contribution is 6.04. The summed E-state index contributed by atoms with van der Waals surface area (Å²) >= 11 is 0. The van der Waals surface area contributed by atoms with Crippen LogP contribution in [0.15, 0.2) is 91.1 Å². The van der Waals surface area contributed by atoms with Gasteiger partial charge in [0.25, 0.3) is 5.91 Å². The molecular formula is C46H48F4N10O3. The molecule has 0 spiro atoms. The number of hydrogen-bond donors (Lipinski definition) is 5. The van der Waals surface area contributed by atoms with Crippen molar-refractivity contribution in [2.45, 2.75) is 44.2 Å². The van der Waals surface area contributed by atoms with Gasteiger partial charge in [0.2, 0.25) is 17.8 Å². The molecule has 0 saturated carbocycles. The molecule has 13 nitrogen and oxygen atoms in total. The van der Waals surface area contributed by atoms with Crippen molar-refractivity contribution in [1.82, 2.24) is 30.4 Å². The Bertz CT molecular complexity index is 2430. The number of hydrogen-bond acceptors (Lipinski definition) is 11. The highest BCUT2D eigenvalue weighted by atomic mass is 19.1. The smallest absolute Gasteiger partial charge is 0.258 e. The number of benzene rings is 4. The fourth-order valence-electron chi connectivity index (χ4n) is 8.14. The molecule has 5 aromatic rings. The second kappa shape index (κ2) is 19.7. The van der Waals surface area contributed by atoms with Crippen LogP contribution in [0.1, 0.15) is 53.1 Å². The summed E-state index contributed by atoms with van der Waals surface area (Å²) < 4.78 is 59.0. The van der Waals surface area contributed by atoms with Gasteiger partial charge in [-0.25, -0.2) is 22.5 Å². The first-order chi connectivity index (χ1) is 30.5. The number of amides is 3. The summed E-state index contributed by atoms with van der Waals surface area (Å²) in [6.45, 7) is 7.13. The Morgan fingerprint density at radius 1 is 0.714 bits per heavy atom. The molecule has 0 bridgehead atoms. The predicted molar refractivity (Wildman–Crippen MR) is 232 cm³/mol. The van der Waals surface area contributed by atoms with Gasteiger partial charge < -0.3 is 31.1 Å². The minimum absolute atomic E-state index is 0.00976. The first-order valence-electron chi connectivity index (χ1n) is 21.1. The Balaban J connectivity index is 0.732. The molecule has 0 radical (unpaired) electrons. The van der Waals surface area contributed by atoms with E-state index in [9.17, 15) is 23.2 Å². The largest absolute Gasteiger partial charge is 0.367 e. The third-order valence-electron chi connectivity index (χ3n) is 11.8. The van der Waals surface area contributed by atoms with E-state index in [0.717, 1.165) is 75.6 Å². The zero-order valence-corrected chi connectivity index (χ0v) is 34.5. The van der Waals surface area contributed by atoms with Crippen molar-refractivity contribution in [1.29, 1.82) is 0 Å². The third-order valence-corrected chi connectivity index (χ3v) is 11.8. The lowest BCUT2D eigenvalue weighted by atomic mass is 9.90. The van der Waals surface area contributed by atoms with Crippen LogP contribution < -0.4 is 31.5 Å². The van der Waals surface area contributed by atoms with E-state index in [1.165, 1.54) is 24.3 Å². The molecule has 1 unspecified atom stereocenters. The number of aromatic nitrogens is 2. The Morgan fingerprint density at radius 2 is 1.38 bits per heavy atom. The topological polar surface area (TPSA) is 147 Å². The summed E-state index contributed by atoms with van der Waals surface area (Å²) in [5, 5.41) is 14.6. The first kappa shape index (κ1) is 43.2. The molecule has 0 aliphatic carbocycles. The average Bonchev–Trinajstić information content (AvgIpc) is 3.29. The van der Waals surface area contributed by atoms with Crippen molar-refractivity contribution in [3.8, 4) is 0 Å². The Kier molecular flexibility index (Phi) is 13.5.